The van der Waals surface area contributed by atoms with Crippen molar-refractivity contribution in [1.82, 2.24) is 4.98 Å². The molecule has 0 radical (unpaired) electrons. The van der Waals surface area contributed by atoms with E-state index in [0.29, 0.717) is 6.61 Å². The van der Waals surface area contributed by atoms with Gasteiger partial charge in [0.15, 0.2) is 0 Å². The molecule has 1 aromatic heterocycles. The third kappa shape index (κ3) is 2.79. The van der Waals surface area contributed by atoms with E-state index in [1.54, 1.807) is 18.9 Å². The monoisotopic (exact) mass is 251 g/mol. The minimum atomic E-state index is 0.104. The first-order chi connectivity index (χ1) is 8.22. The molecule has 0 fully saturated rings. The second-order valence-corrected chi connectivity index (χ2v) is 5.14. The lowest BCUT2D eigenvalue weighted by atomic mass is 10.1. The zero-order chi connectivity index (χ0) is 12.3. The minimum absolute atomic E-state index is 0.104. The molecule has 1 heterocycles. The number of nitrogens with two attached hydrogens (primary N) is 1. The quantitative estimate of drug-likeness (QED) is 0.361. The Balaban J connectivity index is 2.25. The van der Waals surface area contributed by atoms with Crippen molar-refractivity contribution >= 4 is 17.6 Å². The minimum Gasteiger partial charge on any atom is -0.384 e. The summed E-state index contributed by atoms with van der Waals surface area (Å²) in [5.41, 5.74) is 8.81. The van der Waals surface area contributed by atoms with Gasteiger partial charge in [-0.25, -0.2) is 4.98 Å². The van der Waals surface area contributed by atoms with Gasteiger partial charge in [0.25, 0.3) is 0 Å². The Bertz CT molecular complexity index is 434. The van der Waals surface area contributed by atoms with Crippen molar-refractivity contribution in [3.63, 3.8) is 0 Å². The van der Waals surface area contributed by atoms with Crippen LogP contribution in [0, 0.1) is 5.41 Å². The van der Waals surface area contributed by atoms with Crippen molar-refractivity contribution < 1.29 is 4.74 Å². The summed E-state index contributed by atoms with van der Waals surface area (Å²) in [7, 11) is 1.68. The number of thioether (sulfide) groups is 1. The van der Waals surface area contributed by atoms with Crippen LogP contribution in [-0.2, 0) is 17.6 Å². The van der Waals surface area contributed by atoms with Crippen LogP contribution in [0.15, 0.2) is 11.1 Å². The van der Waals surface area contributed by atoms with Crippen LogP contribution in [0.2, 0.25) is 0 Å². The van der Waals surface area contributed by atoms with Crippen LogP contribution in [-0.4, -0.2) is 30.3 Å². The summed E-state index contributed by atoms with van der Waals surface area (Å²) < 4.78 is 5.02. The summed E-state index contributed by atoms with van der Waals surface area (Å²) in [6.45, 7) is 0.681. The first-order valence-corrected chi connectivity index (χ1v) is 6.70. The van der Waals surface area contributed by atoms with E-state index in [1.165, 1.54) is 11.3 Å². The fourth-order valence-corrected chi connectivity index (χ4v) is 2.92. The Morgan fingerprint density at radius 3 is 3.12 bits per heavy atom. The van der Waals surface area contributed by atoms with E-state index in [2.05, 4.69) is 4.98 Å². The van der Waals surface area contributed by atoms with Gasteiger partial charge in [-0.2, -0.15) is 0 Å². The topological polar surface area (TPSA) is 72.0 Å². The molecular weight excluding hydrogens is 234 g/mol. The molecule has 5 heteroatoms. The fourth-order valence-electron chi connectivity index (χ4n) is 1.98. The smallest absolute Gasteiger partial charge is 0.125 e. The van der Waals surface area contributed by atoms with Gasteiger partial charge in [-0.15, -0.1) is 11.8 Å². The first kappa shape index (κ1) is 12.4. The first-order valence-electron chi connectivity index (χ1n) is 5.71. The largest absolute Gasteiger partial charge is 0.384 e. The number of ether oxygens (including phenoxy) is 1. The van der Waals surface area contributed by atoms with Crippen molar-refractivity contribution in [2.75, 3.05) is 19.5 Å². The number of nitrogen functional groups attached to an aromatic ring is 1. The molecule has 17 heavy (non-hydrogen) atoms. The van der Waals surface area contributed by atoms with Crippen molar-refractivity contribution in [2.24, 2.45) is 5.73 Å². The number of amidine groups is 1. The van der Waals surface area contributed by atoms with Gasteiger partial charge in [-0.3, -0.25) is 5.41 Å². The predicted octanol–water partition coefficient (Wildman–Crippen LogP) is 1.59. The normalized spacial score (nSPS) is 13.7. The van der Waals surface area contributed by atoms with Crippen molar-refractivity contribution in [3.8, 4) is 0 Å². The van der Waals surface area contributed by atoms with E-state index in [9.17, 15) is 0 Å². The summed E-state index contributed by atoms with van der Waals surface area (Å²) in [5, 5.41) is 8.48. The maximum atomic E-state index is 7.61. The van der Waals surface area contributed by atoms with Crippen molar-refractivity contribution in [2.45, 2.75) is 24.3 Å². The number of rotatable bonds is 5. The molecule has 0 saturated heterocycles. The number of methoxy groups -OCH3 is 1. The summed E-state index contributed by atoms with van der Waals surface area (Å²) in [5.74, 6) is 0.940. The third-order valence-electron chi connectivity index (χ3n) is 2.83. The standard InChI is InChI=1S/C12H17N3OS/c1-16-5-6-17-12-9(11(13)14)7-8-3-2-4-10(8)15-12/h7H,2-6H2,1H3,(H3,13,14). The van der Waals surface area contributed by atoms with Gasteiger partial charge in [-0.1, -0.05) is 0 Å². The lowest BCUT2D eigenvalue weighted by molar-refractivity contribution is 0.218. The second-order valence-electron chi connectivity index (χ2n) is 4.06. The summed E-state index contributed by atoms with van der Waals surface area (Å²) in [4.78, 5) is 4.63. The summed E-state index contributed by atoms with van der Waals surface area (Å²) in [6.07, 6.45) is 3.27. The lowest BCUT2D eigenvalue weighted by Crippen LogP contribution is -2.14. The van der Waals surface area contributed by atoms with Crippen molar-refractivity contribution in [3.05, 3.63) is 22.9 Å². The van der Waals surface area contributed by atoms with Crippen LogP contribution < -0.4 is 5.73 Å². The van der Waals surface area contributed by atoms with Crippen LogP contribution in [0.3, 0.4) is 0 Å². The lowest BCUT2D eigenvalue weighted by Gasteiger charge is -2.09. The highest BCUT2D eigenvalue weighted by Crippen LogP contribution is 2.27. The summed E-state index contributed by atoms with van der Waals surface area (Å²) >= 11 is 1.61. The Morgan fingerprint density at radius 1 is 1.59 bits per heavy atom. The molecule has 3 N–H and O–H groups in total. The second kappa shape index (κ2) is 5.51. The zero-order valence-electron chi connectivity index (χ0n) is 9.95. The molecule has 1 aromatic rings. The van der Waals surface area contributed by atoms with Gasteiger partial charge in [-0.05, 0) is 30.9 Å². The molecule has 0 spiro atoms. The molecule has 2 rings (SSSR count). The molecule has 0 saturated carbocycles. The SMILES string of the molecule is COCCSc1nc2c(cc1C(=N)N)CCC2. The maximum absolute atomic E-state index is 7.61. The molecule has 0 unspecified atom stereocenters. The Hall–Kier alpha value is -1.07. The van der Waals surface area contributed by atoms with Crippen LogP contribution in [0.4, 0.5) is 0 Å². The molecule has 0 amide bonds. The van der Waals surface area contributed by atoms with E-state index in [0.717, 1.165) is 35.6 Å². The Labute approximate surface area is 105 Å². The molecule has 92 valence electrons. The molecule has 0 aromatic carbocycles. The highest BCUT2D eigenvalue weighted by atomic mass is 32.2. The van der Waals surface area contributed by atoms with E-state index >= 15 is 0 Å². The molecule has 4 nitrogen and oxygen atoms in total. The average Bonchev–Trinajstić information content (AvgIpc) is 2.75. The van der Waals surface area contributed by atoms with E-state index in [-0.39, 0.29) is 5.84 Å². The number of nitrogens with one attached hydrogen (secondary N) is 1. The number of fused-ring (bicyclic) bond motifs is 1. The predicted molar refractivity (Wildman–Crippen MR) is 69.9 cm³/mol. The van der Waals surface area contributed by atoms with Gasteiger partial charge in [0.1, 0.15) is 10.9 Å². The number of aromatic nitrogens is 1. The van der Waals surface area contributed by atoms with Crippen LogP contribution in [0.25, 0.3) is 0 Å². The van der Waals surface area contributed by atoms with Gasteiger partial charge < -0.3 is 10.5 Å². The molecule has 1 aliphatic carbocycles. The highest BCUT2D eigenvalue weighted by molar-refractivity contribution is 7.99. The van der Waals surface area contributed by atoms with Gasteiger partial charge in [0.05, 0.1) is 6.61 Å². The maximum Gasteiger partial charge on any atom is 0.125 e. The third-order valence-corrected chi connectivity index (χ3v) is 3.79. The zero-order valence-corrected chi connectivity index (χ0v) is 10.8. The van der Waals surface area contributed by atoms with Gasteiger partial charge >= 0.3 is 0 Å². The van der Waals surface area contributed by atoms with Crippen LogP contribution in [0.5, 0.6) is 0 Å². The number of hydrogen-bond acceptors (Lipinski definition) is 4. The molecule has 0 atom stereocenters. The van der Waals surface area contributed by atoms with E-state index in [1.807, 2.05) is 6.07 Å². The number of hydrogen-bond donors (Lipinski definition) is 2. The number of pyridine rings is 1. The molecule has 0 aliphatic heterocycles. The molecule has 1 aliphatic rings. The molecular formula is C12H17N3OS. The Kier molecular flexibility index (Phi) is 4.02. The van der Waals surface area contributed by atoms with Crippen LogP contribution in [0.1, 0.15) is 23.2 Å². The number of nitrogens with zero attached hydrogens (tertiary/aromatic N) is 1. The van der Waals surface area contributed by atoms with E-state index in [4.69, 9.17) is 15.9 Å². The van der Waals surface area contributed by atoms with Gasteiger partial charge in [0.2, 0.25) is 0 Å². The number of aryl methyl sites for hydroxylation is 2. The highest BCUT2D eigenvalue weighted by Gasteiger charge is 2.17. The fraction of sp³-hybridized carbons (Fsp3) is 0.500. The van der Waals surface area contributed by atoms with Crippen LogP contribution >= 0.6 is 11.8 Å². The van der Waals surface area contributed by atoms with Crippen molar-refractivity contribution in [1.29, 1.82) is 5.41 Å². The van der Waals surface area contributed by atoms with Gasteiger partial charge in [0, 0.05) is 24.1 Å². The Morgan fingerprint density at radius 2 is 2.41 bits per heavy atom. The van der Waals surface area contributed by atoms with E-state index < -0.39 is 0 Å². The average molecular weight is 251 g/mol. The summed E-state index contributed by atoms with van der Waals surface area (Å²) in [6, 6.07) is 2.03. The molecule has 0 bridgehead atoms.